The minimum absolute atomic E-state index is 0.0900. The Balaban J connectivity index is 1.70. The number of para-hydroxylation sites is 2. The molecule has 2 atom stereocenters. The summed E-state index contributed by atoms with van der Waals surface area (Å²) in [6.07, 6.45) is 4.75. The topological polar surface area (TPSA) is 54.5 Å². The summed E-state index contributed by atoms with van der Waals surface area (Å²) in [5.74, 6) is 0.897. The van der Waals surface area contributed by atoms with E-state index in [1.165, 1.54) is 12.6 Å². The highest BCUT2D eigenvalue weighted by Gasteiger charge is 2.28. The number of benzene rings is 1. The van der Waals surface area contributed by atoms with Crippen LogP contribution in [-0.2, 0) is 4.79 Å². The van der Waals surface area contributed by atoms with Gasteiger partial charge in [0.1, 0.15) is 5.02 Å². The molecule has 0 saturated carbocycles. The van der Waals surface area contributed by atoms with Crippen LogP contribution in [0.4, 0.5) is 5.69 Å². The molecule has 1 saturated heterocycles. The van der Waals surface area contributed by atoms with E-state index in [2.05, 4.69) is 24.1 Å². The molecule has 1 fully saturated rings. The van der Waals surface area contributed by atoms with Gasteiger partial charge >= 0.3 is 0 Å². The van der Waals surface area contributed by atoms with Crippen molar-refractivity contribution in [2.75, 3.05) is 11.9 Å². The van der Waals surface area contributed by atoms with Crippen LogP contribution >= 0.6 is 23.2 Å². The number of pyridine rings is 1. The molecule has 1 N–H and O–H groups in total. The van der Waals surface area contributed by atoms with Gasteiger partial charge in [-0.25, -0.2) is 4.98 Å². The molecular weight excluding hydrogens is 385 g/mol. The second kappa shape index (κ2) is 8.81. The molecule has 144 valence electrons. The maximum Gasteiger partial charge on any atom is 0.242 e. The number of carbonyl (C=O) groups is 1. The fourth-order valence-corrected chi connectivity index (χ4v) is 3.88. The highest BCUT2D eigenvalue weighted by molar-refractivity contribution is 6.35. The first-order valence-electron chi connectivity index (χ1n) is 9.08. The van der Waals surface area contributed by atoms with E-state index >= 15 is 0 Å². The summed E-state index contributed by atoms with van der Waals surface area (Å²) < 4.78 is 5.83. The lowest BCUT2D eigenvalue weighted by molar-refractivity contribution is -0.135. The van der Waals surface area contributed by atoms with Crippen LogP contribution in [0.15, 0.2) is 36.5 Å². The Morgan fingerprint density at radius 2 is 1.96 bits per heavy atom. The van der Waals surface area contributed by atoms with Crippen molar-refractivity contribution in [1.82, 2.24) is 9.88 Å². The molecule has 7 heteroatoms. The zero-order valence-corrected chi connectivity index (χ0v) is 16.9. The first kappa shape index (κ1) is 19.8. The fourth-order valence-electron chi connectivity index (χ4n) is 3.46. The van der Waals surface area contributed by atoms with Crippen LogP contribution in [0.5, 0.6) is 11.6 Å². The number of nitrogens with one attached hydrogen (secondary N) is 1. The summed E-state index contributed by atoms with van der Waals surface area (Å²) >= 11 is 12.0. The van der Waals surface area contributed by atoms with Gasteiger partial charge in [-0.05, 0) is 51.3 Å². The molecule has 5 nitrogen and oxygen atoms in total. The second-order valence-electron chi connectivity index (χ2n) is 6.82. The summed E-state index contributed by atoms with van der Waals surface area (Å²) in [5.41, 5.74) is 0.705. The molecule has 0 radical (unpaired) electrons. The fraction of sp³-hybridized carbons (Fsp3) is 0.400. The molecule has 1 aliphatic heterocycles. The molecule has 2 heterocycles. The van der Waals surface area contributed by atoms with Crippen LogP contribution in [0, 0.1) is 0 Å². The molecule has 0 aliphatic carbocycles. The molecule has 1 amide bonds. The number of amides is 1. The highest BCUT2D eigenvalue weighted by Crippen LogP contribution is 2.33. The standard InChI is InChI=1S/C20H23Cl2N3O2/c1-13-6-5-7-14(2)25(13)19(26)12-23-17-8-3-4-9-18(17)27-20-16(22)10-15(21)11-24-20/h3-4,8-11,13-14,23H,5-7,12H2,1-2H3/t13-,14+. The zero-order chi connectivity index (χ0) is 19.4. The molecule has 27 heavy (non-hydrogen) atoms. The van der Waals surface area contributed by atoms with E-state index < -0.39 is 0 Å². The number of hydrogen-bond acceptors (Lipinski definition) is 4. The van der Waals surface area contributed by atoms with Crippen molar-refractivity contribution in [3.8, 4) is 11.6 Å². The van der Waals surface area contributed by atoms with E-state index in [4.69, 9.17) is 27.9 Å². The van der Waals surface area contributed by atoms with Crippen LogP contribution in [-0.4, -0.2) is 34.4 Å². The van der Waals surface area contributed by atoms with Crippen LogP contribution in [0.1, 0.15) is 33.1 Å². The van der Waals surface area contributed by atoms with Crippen LogP contribution in [0.2, 0.25) is 10.0 Å². The van der Waals surface area contributed by atoms with E-state index in [0.29, 0.717) is 21.5 Å². The molecular formula is C20H23Cl2N3O2. The van der Waals surface area contributed by atoms with Gasteiger partial charge in [-0.3, -0.25) is 4.79 Å². The van der Waals surface area contributed by atoms with Crippen LogP contribution in [0.25, 0.3) is 0 Å². The lowest BCUT2D eigenvalue weighted by Crippen LogP contribution is -2.49. The lowest BCUT2D eigenvalue weighted by Gasteiger charge is -2.39. The van der Waals surface area contributed by atoms with Crippen LogP contribution in [0.3, 0.4) is 0 Å². The molecule has 1 aliphatic rings. The van der Waals surface area contributed by atoms with E-state index in [1.54, 1.807) is 12.1 Å². The Kier molecular flexibility index (Phi) is 6.45. The van der Waals surface area contributed by atoms with Gasteiger partial charge in [0.2, 0.25) is 11.8 Å². The first-order chi connectivity index (χ1) is 13.0. The zero-order valence-electron chi connectivity index (χ0n) is 15.4. The Hall–Kier alpha value is -1.98. The summed E-state index contributed by atoms with van der Waals surface area (Å²) in [6, 6.07) is 9.49. The SMILES string of the molecule is C[C@@H]1CCC[C@H](C)N1C(=O)CNc1ccccc1Oc1ncc(Cl)cc1Cl. The Morgan fingerprint density at radius 1 is 1.26 bits per heavy atom. The van der Waals surface area contributed by atoms with Crippen molar-refractivity contribution >= 4 is 34.8 Å². The molecule has 0 unspecified atom stereocenters. The number of halogens is 2. The predicted octanol–water partition coefficient (Wildman–Crippen LogP) is 5.38. The second-order valence-corrected chi connectivity index (χ2v) is 7.67. The summed E-state index contributed by atoms with van der Waals surface area (Å²) in [7, 11) is 0. The normalized spacial score (nSPS) is 19.6. The van der Waals surface area contributed by atoms with Crippen molar-refractivity contribution in [3.05, 3.63) is 46.6 Å². The smallest absolute Gasteiger partial charge is 0.242 e. The number of piperidine rings is 1. The number of aromatic nitrogens is 1. The number of rotatable bonds is 5. The highest BCUT2D eigenvalue weighted by atomic mass is 35.5. The summed E-state index contributed by atoms with van der Waals surface area (Å²) in [6.45, 7) is 4.43. The van der Waals surface area contributed by atoms with Crippen LogP contribution < -0.4 is 10.1 Å². The number of likely N-dealkylation sites (tertiary alicyclic amines) is 1. The number of hydrogen-bond donors (Lipinski definition) is 1. The minimum Gasteiger partial charge on any atom is -0.435 e. The third-order valence-electron chi connectivity index (χ3n) is 4.78. The molecule has 1 aromatic heterocycles. The van der Waals surface area contributed by atoms with Gasteiger partial charge < -0.3 is 15.0 Å². The van der Waals surface area contributed by atoms with Crippen molar-refractivity contribution in [3.63, 3.8) is 0 Å². The third-order valence-corrected chi connectivity index (χ3v) is 5.26. The van der Waals surface area contributed by atoms with Crippen molar-refractivity contribution in [2.24, 2.45) is 0 Å². The number of carbonyl (C=O) groups excluding carboxylic acids is 1. The Labute approximate surface area is 169 Å². The summed E-state index contributed by atoms with van der Waals surface area (Å²) in [4.78, 5) is 18.8. The van der Waals surface area contributed by atoms with Gasteiger partial charge in [0.15, 0.2) is 5.75 Å². The maximum absolute atomic E-state index is 12.7. The van der Waals surface area contributed by atoms with Gasteiger partial charge in [-0.15, -0.1) is 0 Å². The van der Waals surface area contributed by atoms with E-state index in [9.17, 15) is 4.79 Å². The van der Waals surface area contributed by atoms with Gasteiger partial charge in [-0.2, -0.15) is 0 Å². The molecule has 1 aromatic carbocycles. The van der Waals surface area contributed by atoms with Crippen molar-refractivity contribution < 1.29 is 9.53 Å². The largest absolute Gasteiger partial charge is 0.435 e. The third kappa shape index (κ3) is 4.85. The molecule has 2 aromatic rings. The average molecular weight is 408 g/mol. The number of nitrogens with zero attached hydrogens (tertiary/aromatic N) is 2. The van der Waals surface area contributed by atoms with E-state index in [0.717, 1.165) is 12.8 Å². The maximum atomic E-state index is 12.7. The molecule has 3 rings (SSSR count). The predicted molar refractivity (Wildman–Crippen MR) is 109 cm³/mol. The van der Waals surface area contributed by atoms with E-state index in [-0.39, 0.29) is 30.4 Å². The number of anilines is 1. The Morgan fingerprint density at radius 3 is 2.67 bits per heavy atom. The van der Waals surface area contributed by atoms with Gasteiger partial charge in [0, 0.05) is 18.3 Å². The van der Waals surface area contributed by atoms with Gasteiger partial charge in [-0.1, -0.05) is 35.3 Å². The molecule has 0 spiro atoms. The monoisotopic (exact) mass is 407 g/mol. The van der Waals surface area contributed by atoms with Crippen molar-refractivity contribution in [2.45, 2.75) is 45.2 Å². The summed E-state index contributed by atoms with van der Waals surface area (Å²) in [5, 5.41) is 3.95. The van der Waals surface area contributed by atoms with Gasteiger partial charge in [0.25, 0.3) is 0 Å². The molecule has 0 bridgehead atoms. The average Bonchev–Trinajstić information content (AvgIpc) is 2.63. The Bertz CT molecular complexity index is 806. The lowest BCUT2D eigenvalue weighted by atomic mass is 9.97. The van der Waals surface area contributed by atoms with E-state index in [1.807, 2.05) is 23.1 Å². The van der Waals surface area contributed by atoms with Crippen molar-refractivity contribution in [1.29, 1.82) is 0 Å². The number of ether oxygens (including phenoxy) is 1. The van der Waals surface area contributed by atoms with Gasteiger partial charge in [0.05, 0.1) is 17.3 Å². The first-order valence-corrected chi connectivity index (χ1v) is 9.84. The quantitative estimate of drug-likeness (QED) is 0.722. The minimum atomic E-state index is 0.0900.